The molecule has 0 bridgehead atoms. The Labute approximate surface area is 126 Å². The number of pyridine rings is 1. The number of likely N-dealkylation sites (tertiary alicyclic amines) is 1. The lowest BCUT2D eigenvalue weighted by Gasteiger charge is -2.28. The van der Waals surface area contributed by atoms with Crippen LogP contribution in [-0.4, -0.2) is 45.0 Å². The molecule has 1 saturated heterocycles. The van der Waals surface area contributed by atoms with Crippen LogP contribution in [0.5, 0.6) is 0 Å². The first-order valence-electron chi connectivity index (χ1n) is 7.34. The largest absolute Gasteiger partial charge is 0.326 e. The topological polar surface area (TPSA) is 88.3 Å². The van der Waals surface area contributed by atoms with E-state index in [4.69, 9.17) is 5.73 Å². The van der Waals surface area contributed by atoms with Crippen molar-refractivity contribution in [2.75, 3.05) is 26.7 Å². The van der Waals surface area contributed by atoms with Crippen LogP contribution in [0.3, 0.4) is 0 Å². The van der Waals surface area contributed by atoms with E-state index in [2.05, 4.69) is 21.7 Å². The Bertz CT molecular complexity index is 537. The second-order valence-electron chi connectivity index (χ2n) is 5.64. The molecule has 0 spiro atoms. The van der Waals surface area contributed by atoms with E-state index in [9.17, 15) is 8.42 Å². The number of sulfonamides is 1. The quantitative estimate of drug-likeness (QED) is 0.801. The second kappa shape index (κ2) is 7.31. The summed E-state index contributed by atoms with van der Waals surface area (Å²) in [6, 6.07) is 3.19. The maximum Gasteiger partial charge on any atom is 0.258 e. The number of nitrogens with two attached hydrogens (primary N) is 1. The average Bonchev–Trinajstić information content (AvgIpc) is 2.49. The molecule has 1 aliphatic rings. The van der Waals surface area contributed by atoms with E-state index in [0.29, 0.717) is 19.0 Å². The zero-order valence-electron chi connectivity index (χ0n) is 12.5. The van der Waals surface area contributed by atoms with E-state index in [0.717, 1.165) is 37.9 Å². The van der Waals surface area contributed by atoms with Crippen molar-refractivity contribution in [2.24, 2.45) is 11.7 Å². The van der Waals surface area contributed by atoms with Crippen molar-refractivity contribution in [3.8, 4) is 0 Å². The minimum Gasteiger partial charge on any atom is -0.326 e. The van der Waals surface area contributed by atoms with Gasteiger partial charge in [0.05, 0.1) is 0 Å². The Hall–Kier alpha value is -1.02. The molecule has 0 amide bonds. The number of nitrogens with one attached hydrogen (secondary N) is 1. The molecule has 118 valence electrons. The highest BCUT2D eigenvalue weighted by Crippen LogP contribution is 2.19. The summed E-state index contributed by atoms with van der Waals surface area (Å²) in [4.78, 5) is 6.27. The Balaban J connectivity index is 1.83. The van der Waals surface area contributed by atoms with Gasteiger partial charge in [-0.15, -0.1) is 0 Å². The van der Waals surface area contributed by atoms with Crippen LogP contribution in [-0.2, 0) is 16.6 Å². The predicted molar refractivity (Wildman–Crippen MR) is 82.2 cm³/mol. The lowest BCUT2D eigenvalue weighted by Crippen LogP contribution is -2.33. The Morgan fingerprint density at radius 2 is 2.10 bits per heavy atom. The summed E-state index contributed by atoms with van der Waals surface area (Å²) in [6.07, 6.45) is 4.67. The maximum absolute atomic E-state index is 12.1. The summed E-state index contributed by atoms with van der Waals surface area (Å²) >= 11 is 0. The van der Waals surface area contributed by atoms with Gasteiger partial charge >= 0.3 is 0 Å². The number of piperidine rings is 1. The first-order valence-corrected chi connectivity index (χ1v) is 8.83. The van der Waals surface area contributed by atoms with Crippen molar-refractivity contribution in [1.29, 1.82) is 0 Å². The van der Waals surface area contributed by atoms with Crippen molar-refractivity contribution in [2.45, 2.75) is 30.8 Å². The molecular weight excluding hydrogens is 288 g/mol. The van der Waals surface area contributed by atoms with Crippen LogP contribution in [0.4, 0.5) is 0 Å². The zero-order valence-corrected chi connectivity index (χ0v) is 13.3. The van der Waals surface area contributed by atoms with Crippen molar-refractivity contribution in [3.05, 3.63) is 23.9 Å². The van der Waals surface area contributed by atoms with Gasteiger partial charge in [-0.2, -0.15) is 0 Å². The molecule has 1 aromatic rings. The highest BCUT2D eigenvalue weighted by Gasteiger charge is 2.19. The first-order chi connectivity index (χ1) is 10.0. The van der Waals surface area contributed by atoms with Crippen LogP contribution in [0.25, 0.3) is 0 Å². The molecule has 2 heterocycles. The van der Waals surface area contributed by atoms with E-state index in [1.165, 1.54) is 12.3 Å². The van der Waals surface area contributed by atoms with Gasteiger partial charge in [-0.1, -0.05) is 6.07 Å². The van der Waals surface area contributed by atoms with Gasteiger partial charge in [0.25, 0.3) is 10.0 Å². The molecule has 6 nitrogen and oxygen atoms in total. The van der Waals surface area contributed by atoms with Gasteiger partial charge in [0.15, 0.2) is 5.03 Å². The monoisotopic (exact) mass is 312 g/mol. The van der Waals surface area contributed by atoms with Gasteiger partial charge in [0.1, 0.15) is 0 Å². The molecule has 1 aromatic heterocycles. The van der Waals surface area contributed by atoms with Gasteiger partial charge in [-0.25, -0.2) is 18.1 Å². The van der Waals surface area contributed by atoms with E-state index in [-0.39, 0.29) is 5.03 Å². The third kappa shape index (κ3) is 4.74. The molecule has 3 N–H and O–H groups in total. The molecule has 21 heavy (non-hydrogen) atoms. The van der Waals surface area contributed by atoms with Gasteiger partial charge in [-0.3, -0.25) is 0 Å². The molecule has 0 radical (unpaired) electrons. The number of hydrogen-bond acceptors (Lipinski definition) is 5. The van der Waals surface area contributed by atoms with Crippen LogP contribution >= 0.6 is 0 Å². The lowest BCUT2D eigenvalue weighted by molar-refractivity contribution is 0.213. The number of aromatic nitrogens is 1. The third-order valence-corrected chi connectivity index (χ3v) is 5.37. The zero-order chi connectivity index (χ0) is 15.3. The van der Waals surface area contributed by atoms with Gasteiger partial charge in [-0.05, 0) is 56.9 Å². The molecule has 2 rings (SSSR count). The van der Waals surface area contributed by atoms with E-state index < -0.39 is 10.0 Å². The summed E-state index contributed by atoms with van der Waals surface area (Å²) in [6.45, 7) is 3.02. The molecule has 0 aliphatic carbocycles. The molecular formula is C14H24N4O2S. The SMILES string of the molecule is CN1CCC(CCNS(=O)(=O)c2ccc(CN)cn2)CC1. The molecule has 1 fully saturated rings. The molecule has 0 atom stereocenters. The molecule has 0 saturated carbocycles. The standard InChI is InChI=1S/C14H24N4O2S/c1-18-8-5-12(6-9-18)4-7-17-21(19,20)14-3-2-13(10-15)11-16-14/h2-3,11-12,17H,4-10,15H2,1H3. The van der Waals surface area contributed by atoms with Gasteiger partial charge < -0.3 is 10.6 Å². The predicted octanol–water partition coefficient (Wildman–Crippen LogP) is 0.551. The fourth-order valence-electron chi connectivity index (χ4n) is 2.51. The van der Waals surface area contributed by atoms with Crippen LogP contribution < -0.4 is 10.5 Å². The number of nitrogens with zero attached hydrogens (tertiary/aromatic N) is 2. The lowest BCUT2D eigenvalue weighted by atomic mass is 9.94. The van der Waals surface area contributed by atoms with Crippen molar-refractivity contribution < 1.29 is 8.42 Å². The normalized spacial score (nSPS) is 18.0. The number of rotatable bonds is 6. The van der Waals surface area contributed by atoms with Crippen LogP contribution in [0, 0.1) is 5.92 Å². The van der Waals surface area contributed by atoms with Crippen LogP contribution in [0.2, 0.25) is 0 Å². The highest BCUT2D eigenvalue weighted by molar-refractivity contribution is 7.89. The summed E-state index contributed by atoms with van der Waals surface area (Å²) in [5, 5.41) is 0.0584. The fourth-order valence-corrected chi connectivity index (χ4v) is 3.49. The molecule has 1 aliphatic heterocycles. The Morgan fingerprint density at radius 1 is 1.38 bits per heavy atom. The molecule has 0 unspecified atom stereocenters. The third-order valence-electron chi connectivity index (χ3n) is 3.99. The first kappa shape index (κ1) is 16.4. The second-order valence-corrected chi connectivity index (χ2v) is 7.36. The van der Waals surface area contributed by atoms with E-state index >= 15 is 0 Å². The highest BCUT2D eigenvalue weighted by atomic mass is 32.2. The van der Waals surface area contributed by atoms with Crippen molar-refractivity contribution in [1.82, 2.24) is 14.6 Å². The van der Waals surface area contributed by atoms with Crippen molar-refractivity contribution in [3.63, 3.8) is 0 Å². The van der Waals surface area contributed by atoms with Crippen LogP contribution in [0.15, 0.2) is 23.4 Å². The Morgan fingerprint density at radius 3 is 2.67 bits per heavy atom. The maximum atomic E-state index is 12.1. The van der Waals surface area contributed by atoms with Gasteiger partial charge in [0, 0.05) is 19.3 Å². The minimum atomic E-state index is -3.51. The van der Waals surface area contributed by atoms with E-state index in [1.807, 2.05) is 0 Å². The molecule has 7 heteroatoms. The van der Waals surface area contributed by atoms with Crippen LogP contribution in [0.1, 0.15) is 24.8 Å². The van der Waals surface area contributed by atoms with Crippen molar-refractivity contribution >= 4 is 10.0 Å². The Kier molecular flexibility index (Phi) is 5.69. The average molecular weight is 312 g/mol. The smallest absolute Gasteiger partial charge is 0.258 e. The summed E-state index contributed by atoms with van der Waals surface area (Å²) in [5.41, 5.74) is 6.29. The summed E-state index contributed by atoms with van der Waals surface area (Å²) < 4.78 is 26.9. The van der Waals surface area contributed by atoms with Gasteiger partial charge in [0.2, 0.25) is 0 Å². The number of hydrogen-bond donors (Lipinski definition) is 2. The minimum absolute atomic E-state index is 0.0584. The van der Waals surface area contributed by atoms with E-state index in [1.54, 1.807) is 6.07 Å². The molecule has 0 aromatic carbocycles. The summed E-state index contributed by atoms with van der Waals surface area (Å²) in [5.74, 6) is 0.608. The fraction of sp³-hybridized carbons (Fsp3) is 0.643. The summed E-state index contributed by atoms with van der Waals surface area (Å²) in [7, 11) is -1.39.